The van der Waals surface area contributed by atoms with Gasteiger partial charge in [0.15, 0.2) is 0 Å². The first-order valence-corrected chi connectivity index (χ1v) is 8.09. The van der Waals surface area contributed by atoms with Gasteiger partial charge in [-0.1, -0.05) is 12.1 Å². The summed E-state index contributed by atoms with van der Waals surface area (Å²) in [6.45, 7) is 1.47. The summed E-state index contributed by atoms with van der Waals surface area (Å²) in [5.74, 6) is 6.03. The van der Waals surface area contributed by atoms with Crippen LogP contribution in [0.3, 0.4) is 0 Å². The van der Waals surface area contributed by atoms with Gasteiger partial charge in [-0.3, -0.25) is 5.84 Å². The standard InChI is InChI=1S/C13H21N3O3S/c1-16(8-9-19-10-11-6-7-11)20(17,18)13-5-3-2-4-12(13)15-14/h2-5,11,15H,6-10,14H2,1H3. The molecule has 1 saturated carbocycles. The smallest absolute Gasteiger partial charge is 0.244 e. The van der Waals surface area contributed by atoms with E-state index in [9.17, 15) is 8.42 Å². The molecule has 2 rings (SSSR count). The quantitative estimate of drug-likeness (QED) is 0.425. The molecule has 3 N–H and O–H groups in total. The molecule has 0 radical (unpaired) electrons. The molecule has 7 heteroatoms. The minimum atomic E-state index is -3.56. The van der Waals surface area contributed by atoms with Gasteiger partial charge in [-0.25, -0.2) is 8.42 Å². The van der Waals surface area contributed by atoms with E-state index >= 15 is 0 Å². The van der Waals surface area contributed by atoms with E-state index in [1.807, 2.05) is 0 Å². The second-order valence-electron chi connectivity index (χ2n) is 4.99. The Bertz CT molecular complexity index is 544. The van der Waals surface area contributed by atoms with E-state index in [1.165, 1.54) is 23.2 Å². The van der Waals surface area contributed by atoms with Gasteiger partial charge in [0.25, 0.3) is 0 Å². The van der Waals surface area contributed by atoms with Gasteiger partial charge < -0.3 is 10.2 Å². The average Bonchev–Trinajstić information content (AvgIpc) is 3.27. The number of para-hydroxylation sites is 1. The van der Waals surface area contributed by atoms with Gasteiger partial charge in [0.1, 0.15) is 4.90 Å². The third-order valence-corrected chi connectivity index (χ3v) is 5.25. The molecular formula is C13H21N3O3S. The van der Waals surface area contributed by atoms with Crippen LogP contribution in [0.2, 0.25) is 0 Å². The summed E-state index contributed by atoms with van der Waals surface area (Å²) in [5.41, 5.74) is 2.80. The summed E-state index contributed by atoms with van der Waals surface area (Å²) in [6.07, 6.45) is 2.45. The fourth-order valence-electron chi connectivity index (χ4n) is 1.83. The number of likely N-dealkylation sites (N-methyl/N-ethyl adjacent to an activating group) is 1. The number of nitrogen functional groups attached to an aromatic ring is 1. The van der Waals surface area contributed by atoms with Gasteiger partial charge in [-0.15, -0.1) is 0 Å². The predicted octanol–water partition coefficient (Wildman–Crippen LogP) is 1.02. The molecule has 1 aliphatic carbocycles. The topological polar surface area (TPSA) is 84.7 Å². The van der Waals surface area contributed by atoms with Crippen molar-refractivity contribution in [2.75, 3.05) is 32.2 Å². The Morgan fingerprint density at radius 1 is 1.40 bits per heavy atom. The Kier molecular flexibility index (Phi) is 4.98. The van der Waals surface area contributed by atoms with Crippen LogP contribution < -0.4 is 11.3 Å². The van der Waals surface area contributed by atoms with E-state index in [4.69, 9.17) is 10.6 Å². The fraction of sp³-hybridized carbons (Fsp3) is 0.538. The first-order valence-electron chi connectivity index (χ1n) is 6.65. The van der Waals surface area contributed by atoms with Gasteiger partial charge >= 0.3 is 0 Å². The first-order chi connectivity index (χ1) is 9.55. The zero-order chi connectivity index (χ0) is 14.6. The van der Waals surface area contributed by atoms with E-state index in [1.54, 1.807) is 25.2 Å². The second kappa shape index (κ2) is 6.53. The zero-order valence-electron chi connectivity index (χ0n) is 11.6. The molecule has 1 fully saturated rings. The van der Waals surface area contributed by atoms with Gasteiger partial charge in [0.05, 0.1) is 12.3 Å². The summed E-state index contributed by atoms with van der Waals surface area (Å²) in [5, 5.41) is 0. The molecule has 20 heavy (non-hydrogen) atoms. The maximum Gasteiger partial charge on any atom is 0.244 e. The van der Waals surface area contributed by atoms with Crippen molar-refractivity contribution in [3.05, 3.63) is 24.3 Å². The van der Waals surface area contributed by atoms with Crippen molar-refractivity contribution < 1.29 is 13.2 Å². The van der Waals surface area contributed by atoms with Gasteiger partial charge in [-0.2, -0.15) is 4.31 Å². The summed E-state index contributed by atoms with van der Waals surface area (Å²) >= 11 is 0. The number of ether oxygens (including phenoxy) is 1. The number of nitrogens with two attached hydrogens (primary N) is 1. The number of sulfonamides is 1. The maximum atomic E-state index is 12.4. The lowest BCUT2D eigenvalue weighted by molar-refractivity contribution is 0.117. The molecule has 0 spiro atoms. The highest BCUT2D eigenvalue weighted by atomic mass is 32.2. The Morgan fingerprint density at radius 2 is 2.10 bits per heavy atom. The van der Waals surface area contributed by atoms with Gasteiger partial charge in [-0.05, 0) is 30.9 Å². The fourth-order valence-corrected chi connectivity index (χ4v) is 3.13. The molecular weight excluding hydrogens is 278 g/mol. The van der Waals surface area contributed by atoms with Crippen LogP contribution in [-0.4, -0.2) is 39.5 Å². The van der Waals surface area contributed by atoms with Crippen LogP contribution >= 0.6 is 0 Å². The van der Waals surface area contributed by atoms with E-state index < -0.39 is 10.0 Å². The molecule has 1 aromatic rings. The first kappa shape index (κ1) is 15.2. The third-order valence-electron chi connectivity index (χ3n) is 3.33. The van der Waals surface area contributed by atoms with E-state index in [-0.39, 0.29) is 4.90 Å². The Labute approximate surface area is 119 Å². The highest BCUT2D eigenvalue weighted by Gasteiger charge is 2.24. The van der Waals surface area contributed by atoms with E-state index in [0.717, 1.165) is 6.61 Å². The van der Waals surface area contributed by atoms with Gasteiger partial charge in [0, 0.05) is 20.2 Å². The van der Waals surface area contributed by atoms with Gasteiger partial charge in [0.2, 0.25) is 10.0 Å². The summed E-state index contributed by atoms with van der Waals surface area (Å²) in [6, 6.07) is 6.56. The number of benzene rings is 1. The number of nitrogens with one attached hydrogen (secondary N) is 1. The van der Waals surface area contributed by atoms with Crippen molar-refractivity contribution in [2.24, 2.45) is 11.8 Å². The van der Waals surface area contributed by atoms with Crippen molar-refractivity contribution in [3.63, 3.8) is 0 Å². The predicted molar refractivity (Wildman–Crippen MR) is 77.6 cm³/mol. The minimum Gasteiger partial charge on any atom is -0.380 e. The van der Waals surface area contributed by atoms with Crippen molar-refractivity contribution in [2.45, 2.75) is 17.7 Å². The van der Waals surface area contributed by atoms with Crippen LogP contribution in [0.15, 0.2) is 29.2 Å². The molecule has 0 amide bonds. The molecule has 112 valence electrons. The second-order valence-corrected chi connectivity index (χ2v) is 7.00. The van der Waals surface area contributed by atoms with Crippen LogP contribution in [0.1, 0.15) is 12.8 Å². The van der Waals surface area contributed by atoms with E-state index in [2.05, 4.69) is 5.43 Å². The lowest BCUT2D eigenvalue weighted by atomic mass is 10.3. The monoisotopic (exact) mass is 299 g/mol. The number of hydrogen-bond donors (Lipinski definition) is 2. The van der Waals surface area contributed by atoms with Crippen LogP contribution in [0.4, 0.5) is 5.69 Å². The minimum absolute atomic E-state index is 0.173. The molecule has 0 saturated heterocycles. The molecule has 0 aliphatic heterocycles. The highest BCUT2D eigenvalue weighted by Crippen LogP contribution is 2.28. The van der Waals surface area contributed by atoms with E-state index in [0.29, 0.717) is 24.8 Å². The lowest BCUT2D eigenvalue weighted by Crippen LogP contribution is -2.31. The number of nitrogens with zero attached hydrogens (tertiary/aromatic N) is 1. The molecule has 0 aromatic heterocycles. The molecule has 1 aliphatic rings. The van der Waals surface area contributed by atoms with Crippen molar-refractivity contribution in [3.8, 4) is 0 Å². The number of anilines is 1. The largest absolute Gasteiger partial charge is 0.380 e. The van der Waals surface area contributed by atoms with Crippen molar-refractivity contribution in [1.29, 1.82) is 0 Å². The van der Waals surface area contributed by atoms with Crippen molar-refractivity contribution >= 4 is 15.7 Å². The summed E-state index contributed by atoms with van der Waals surface area (Å²) in [7, 11) is -2.01. The zero-order valence-corrected chi connectivity index (χ0v) is 12.4. The number of rotatable bonds is 8. The summed E-state index contributed by atoms with van der Waals surface area (Å²) < 4.78 is 31.6. The van der Waals surface area contributed by atoms with Crippen LogP contribution in [0.25, 0.3) is 0 Å². The number of hydrazine groups is 1. The lowest BCUT2D eigenvalue weighted by Gasteiger charge is -2.19. The molecule has 6 nitrogen and oxygen atoms in total. The van der Waals surface area contributed by atoms with Crippen LogP contribution in [0, 0.1) is 5.92 Å². The third kappa shape index (κ3) is 3.69. The average molecular weight is 299 g/mol. The molecule has 0 heterocycles. The number of hydrogen-bond acceptors (Lipinski definition) is 5. The Hall–Kier alpha value is -1.15. The van der Waals surface area contributed by atoms with Crippen molar-refractivity contribution in [1.82, 2.24) is 4.31 Å². The summed E-state index contributed by atoms with van der Waals surface area (Å²) in [4.78, 5) is 0.173. The highest BCUT2D eigenvalue weighted by molar-refractivity contribution is 7.89. The molecule has 1 aromatic carbocycles. The Morgan fingerprint density at radius 3 is 2.75 bits per heavy atom. The molecule has 0 atom stereocenters. The van der Waals surface area contributed by atoms with Crippen LogP contribution in [0.5, 0.6) is 0 Å². The Balaban J connectivity index is 1.96. The molecule has 0 bridgehead atoms. The maximum absolute atomic E-state index is 12.4. The molecule has 0 unspecified atom stereocenters. The van der Waals surface area contributed by atoms with Crippen LogP contribution in [-0.2, 0) is 14.8 Å². The SMILES string of the molecule is CN(CCOCC1CC1)S(=O)(=O)c1ccccc1NN. The normalized spacial score (nSPS) is 15.6.